The second-order valence-electron chi connectivity index (χ2n) is 3.29. The highest BCUT2D eigenvalue weighted by Gasteiger charge is 2.32. The third-order valence-electron chi connectivity index (χ3n) is 1.99. The zero-order chi connectivity index (χ0) is 7.56. The van der Waals surface area contributed by atoms with E-state index in [0.717, 1.165) is 0 Å². The van der Waals surface area contributed by atoms with Gasteiger partial charge < -0.3 is 0 Å². The molecular weight excluding hydrogens is 126 g/mol. The van der Waals surface area contributed by atoms with E-state index in [9.17, 15) is 4.79 Å². The first kappa shape index (κ1) is 7.49. The zero-order valence-electron chi connectivity index (χ0n) is 6.50. The van der Waals surface area contributed by atoms with Crippen molar-refractivity contribution in [1.82, 2.24) is 0 Å². The standard InChI is InChI=1S/C8H13NO/c1-6(2)8(9-5-10)7-3-4-7/h6-8H,3-4H2,1-2H3. The van der Waals surface area contributed by atoms with E-state index in [2.05, 4.69) is 18.8 Å². The van der Waals surface area contributed by atoms with Crippen LogP contribution >= 0.6 is 0 Å². The smallest absolute Gasteiger partial charge is 0.211 e. The highest BCUT2D eigenvalue weighted by Crippen LogP contribution is 2.37. The molecule has 0 N–H and O–H groups in total. The van der Waals surface area contributed by atoms with E-state index in [0.29, 0.717) is 11.8 Å². The Balaban J connectivity index is 2.49. The summed E-state index contributed by atoms with van der Waals surface area (Å²) in [5, 5.41) is 0. The Kier molecular flexibility index (Phi) is 2.23. The number of isocyanates is 1. The van der Waals surface area contributed by atoms with E-state index in [1.807, 2.05) is 0 Å². The van der Waals surface area contributed by atoms with Gasteiger partial charge in [-0.2, -0.15) is 0 Å². The van der Waals surface area contributed by atoms with Gasteiger partial charge in [0, 0.05) is 0 Å². The number of rotatable bonds is 3. The summed E-state index contributed by atoms with van der Waals surface area (Å²) in [5.41, 5.74) is 0. The molecule has 0 spiro atoms. The Morgan fingerprint density at radius 1 is 1.50 bits per heavy atom. The predicted octanol–water partition coefficient (Wildman–Crippen LogP) is 1.76. The van der Waals surface area contributed by atoms with Crippen LogP contribution in [0.15, 0.2) is 4.99 Å². The van der Waals surface area contributed by atoms with Gasteiger partial charge in [0.1, 0.15) is 0 Å². The fraction of sp³-hybridized carbons (Fsp3) is 0.875. The van der Waals surface area contributed by atoms with Crippen LogP contribution in [0.4, 0.5) is 0 Å². The number of nitrogens with zero attached hydrogens (tertiary/aromatic N) is 1. The quantitative estimate of drug-likeness (QED) is 0.432. The average molecular weight is 139 g/mol. The molecule has 0 heterocycles. The van der Waals surface area contributed by atoms with Crippen LogP contribution in [0.3, 0.4) is 0 Å². The van der Waals surface area contributed by atoms with Gasteiger partial charge in [-0.15, -0.1) is 0 Å². The van der Waals surface area contributed by atoms with E-state index < -0.39 is 0 Å². The van der Waals surface area contributed by atoms with Gasteiger partial charge in [-0.1, -0.05) is 13.8 Å². The summed E-state index contributed by atoms with van der Waals surface area (Å²) in [5.74, 6) is 1.18. The lowest BCUT2D eigenvalue weighted by atomic mass is 10.0. The summed E-state index contributed by atoms with van der Waals surface area (Å²) in [6.07, 6.45) is 4.13. The molecule has 1 rings (SSSR count). The Morgan fingerprint density at radius 2 is 2.10 bits per heavy atom. The topological polar surface area (TPSA) is 29.4 Å². The summed E-state index contributed by atoms with van der Waals surface area (Å²) in [7, 11) is 0. The SMILES string of the molecule is CC(C)C(N=C=O)C1CC1. The summed E-state index contributed by atoms with van der Waals surface area (Å²) < 4.78 is 0. The second-order valence-corrected chi connectivity index (χ2v) is 3.29. The first-order valence-corrected chi connectivity index (χ1v) is 3.82. The van der Waals surface area contributed by atoms with Gasteiger partial charge in [0.05, 0.1) is 6.04 Å². The molecule has 10 heavy (non-hydrogen) atoms. The lowest BCUT2D eigenvalue weighted by Crippen LogP contribution is -2.14. The molecule has 1 aliphatic rings. The van der Waals surface area contributed by atoms with Gasteiger partial charge in [-0.3, -0.25) is 0 Å². The molecule has 1 fully saturated rings. The highest BCUT2D eigenvalue weighted by atomic mass is 16.1. The second kappa shape index (κ2) is 2.98. The molecule has 0 aromatic carbocycles. The molecule has 0 saturated heterocycles. The van der Waals surface area contributed by atoms with Gasteiger partial charge in [0.2, 0.25) is 6.08 Å². The molecule has 0 radical (unpaired) electrons. The van der Waals surface area contributed by atoms with Crippen LogP contribution in [-0.4, -0.2) is 12.1 Å². The van der Waals surface area contributed by atoms with Crippen LogP contribution < -0.4 is 0 Å². The first-order chi connectivity index (χ1) is 4.75. The summed E-state index contributed by atoms with van der Waals surface area (Å²) in [6, 6.07) is 0.248. The van der Waals surface area contributed by atoms with Crippen molar-refractivity contribution < 1.29 is 4.79 Å². The fourth-order valence-corrected chi connectivity index (χ4v) is 1.30. The van der Waals surface area contributed by atoms with Crippen molar-refractivity contribution in [2.45, 2.75) is 32.7 Å². The molecule has 0 amide bonds. The molecular formula is C8H13NO. The van der Waals surface area contributed by atoms with Crippen molar-refractivity contribution in [3.05, 3.63) is 0 Å². The minimum absolute atomic E-state index is 0.248. The van der Waals surface area contributed by atoms with Crippen molar-refractivity contribution >= 4 is 6.08 Å². The van der Waals surface area contributed by atoms with E-state index in [1.165, 1.54) is 12.8 Å². The monoisotopic (exact) mass is 139 g/mol. The van der Waals surface area contributed by atoms with Crippen molar-refractivity contribution in [2.24, 2.45) is 16.8 Å². The molecule has 1 atom stereocenters. The van der Waals surface area contributed by atoms with Gasteiger partial charge in [0.15, 0.2) is 0 Å². The Labute approximate surface area is 61.3 Å². The van der Waals surface area contributed by atoms with Crippen LogP contribution in [0.1, 0.15) is 26.7 Å². The zero-order valence-corrected chi connectivity index (χ0v) is 6.50. The van der Waals surface area contributed by atoms with Crippen molar-refractivity contribution in [3.8, 4) is 0 Å². The molecule has 1 unspecified atom stereocenters. The lowest BCUT2D eigenvalue weighted by Gasteiger charge is -2.11. The van der Waals surface area contributed by atoms with Gasteiger partial charge in [-0.05, 0) is 24.7 Å². The van der Waals surface area contributed by atoms with Gasteiger partial charge >= 0.3 is 0 Å². The van der Waals surface area contributed by atoms with Gasteiger partial charge in [-0.25, -0.2) is 9.79 Å². The molecule has 1 aliphatic carbocycles. The molecule has 56 valence electrons. The van der Waals surface area contributed by atoms with Crippen LogP contribution in [0, 0.1) is 11.8 Å². The Bertz CT molecular complexity index is 153. The predicted molar refractivity (Wildman–Crippen MR) is 39.5 cm³/mol. The van der Waals surface area contributed by atoms with Crippen LogP contribution in [0.2, 0.25) is 0 Å². The van der Waals surface area contributed by atoms with Crippen molar-refractivity contribution in [1.29, 1.82) is 0 Å². The molecule has 0 aromatic heterocycles. The molecule has 0 aliphatic heterocycles. The number of aliphatic imine (C=N–C) groups is 1. The summed E-state index contributed by atoms with van der Waals surface area (Å²) in [6.45, 7) is 4.20. The average Bonchev–Trinajstić information content (AvgIpc) is 2.63. The summed E-state index contributed by atoms with van der Waals surface area (Å²) in [4.78, 5) is 13.7. The number of carbonyl (C=O) groups excluding carboxylic acids is 1. The molecule has 0 aromatic rings. The molecule has 0 bridgehead atoms. The normalized spacial score (nSPS) is 20.3. The van der Waals surface area contributed by atoms with Crippen LogP contribution in [-0.2, 0) is 4.79 Å². The van der Waals surface area contributed by atoms with E-state index >= 15 is 0 Å². The fourth-order valence-electron chi connectivity index (χ4n) is 1.30. The first-order valence-electron chi connectivity index (χ1n) is 3.82. The Morgan fingerprint density at radius 3 is 2.40 bits per heavy atom. The van der Waals surface area contributed by atoms with E-state index in [4.69, 9.17) is 0 Å². The Hall–Kier alpha value is -0.620. The number of hydrogen-bond acceptors (Lipinski definition) is 2. The largest absolute Gasteiger partial charge is 0.235 e. The minimum Gasteiger partial charge on any atom is -0.211 e. The van der Waals surface area contributed by atoms with Crippen LogP contribution in [0.25, 0.3) is 0 Å². The molecule has 2 heteroatoms. The van der Waals surface area contributed by atoms with E-state index in [-0.39, 0.29) is 6.04 Å². The lowest BCUT2D eigenvalue weighted by molar-refractivity contribution is 0.444. The number of hydrogen-bond donors (Lipinski definition) is 0. The molecule has 2 nitrogen and oxygen atoms in total. The maximum atomic E-state index is 9.96. The van der Waals surface area contributed by atoms with Gasteiger partial charge in [0.25, 0.3) is 0 Å². The third kappa shape index (κ3) is 1.68. The minimum atomic E-state index is 0.248. The summed E-state index contributed by atoms with van der Waals surface area (Å²) >= 11 is 0. The third-order valence-corrected chi connectivity index (χ3v) is 1.99. The molecule has 1 saturated carbocycles. The van der Waals surface area contributed by atoms with Crippen molar-refractivity contribution in [3.63, 3.8) is 0 Å². The van der Waals surface area contributed by atoms with E-state index in [1.54, 1.807) is 6.08 Å². The van der Waals surface area contributed by atoms with Crippen LogP contribution in [0.5, 0.6) is 0 Å². The highest BCUT2D eigenvalue weighted by molar-refractivity contribution is 5.34. The van der Waals surface area contributed by atoms with Crippen molar-refractivity contribution in [2.75, 3.05) is 0 Å². The maximum Gasteiger partial charge on any atom is 0.235 e. The maximum absolute atomic E-state index is 9.96.